The van der Waals surface area contributed by atoms with E-state index in [0.717, 1.165) is 24.3 Å². The first-order chi connectivity index (χ1) is 12.5. The molecule has 0 radical (unpaired) electrons. The number of allylic oxidation sites excluding steroid dienone is 8. The quantitative estimate of drug-likeness (QED) is 0.294. The fourth-order valence-electron chi connectivity index (χ4n) is 1.14. The van der Waals surface area contributed by atoms with E-state index in [1.54, 1.807) is 0 Å². The Balaban J connectivity index is -0.0000000873. The van der Waals surface area contributed by atoms with Gasteiger partial charge in [0.15, 0.2) is 23.1 Å². The Kier molecular flexibility index (Phi) is 31.6. The number of carbonyl (C=O) groups is 4. The molecule has 0 unspecified atom stereocenters. The van der Waals surface area contributed by atoms with Crippen LogP contribution >= 0.6 is 0 Å². The van der Waals surface area contributed by atoms with Crippen LogP contribution in [0.15, 0.2) is 47.3 Å². The van der Waals surface area contributed by atoms with E-state index in [2.05, 4.69) is 0 Å². The molecule has 0 bridgehead atoms. The van der Waals surface area contributed by atoms with Crippen molar-refractivity contribution >= 4 is 23.1 Å². The number of ketones is 4. The van der Waals surface area contributed by atoms with Crippen molar-refractivity contribution in [3.63, 3.8) is 0 Å². The molecule has 0 amide bonds. The van der Waals surface area contributed by atoms with Crippen LogP contribution < -0.4 is 20.4 Å². The number of hydrogen-bond donors (Lipinski definition) is 0. The summed E-state index contributed by atoms with van der Waals surface area (Å²) < 4.78 is 0. The van der Waals surface area contributed by atoms with E-state index in [-0.39, 0.29) is 86.1 Å². The molecule has 29 heavy (non-hydrogen) atoms. The molecule has 0 rings (SSSR count). The van der Waals surface area contributed by atoms with Gasteiger partial charge in [0.2, 0.25) is 0 Å². The molecule has 0 heterocycles. The summed E-state index contributed by atoms with van der Waals surface area (Å²) in [5, 5.41) is 39.9. The van der Waals surface area contributed by atoms with Crippen molar-refractivity contribution in [2.45, 2.75) is 55.4 Å². The molecule has 0 saturated carbocycles. The zero-order valence-corrected chi connectivity index (χ0v) is 22.2. The van der Waals surface area contributed by atoms with Crippen LogP contribution in [-0.2, 0) is 19.2 Å². The summed E-state index contributed by atoms with van der Waals surface area (Å²) in [6.45, 7) is 10.8. The molecule has 0 aliphatic carbocycles. The molecule has 0 saturated heterocycles. The van der Waals surface area contributed by atoms with Crippen LogP contribution in [0.5, 0.6) is 0 Å². The average molecular weight is 628 g/mol. The molecular weight excluding hydrogens is 600 g/mol. The Hall–Kier alpha value is -1.84. The minimum atomic E-state index is -0.187. The molecule has 9 heteroatoms. The number of hydrogen-bond acceptors (Lipinski definition) is 8. The van der Waals surface area contributed by atoms with Gasteiger partial charge in [-0.15, -0.1) is 23.0 Å². The Morgan fingerprint density at radius 1 is 0.414 bits per heavy atom. The van der Waals surface area contributed by atoms with Gasteiger partial charge in [-0.05, 0) is 52.0 Å². The minimum Gasteiger partial charge on any atom is -0.876 e. The summed E-state index contributed by atoms with van der Waals surface area (Å²) in [4.78, 5) is 39.9. The van der Waals surface area contributed by atoms with Crippen LogP contribution in [0, 0.1) is 39.9 Å². The first kappa shape index (κ1) is 37.9. The van der Waals surface area contributed by atoms with Crippen molar-refractivity contribution in [3.8, 4) is 0 Å². The molecule has 0 aromatic carbocycles. The zero-order valence-electron chi connectivity index (χ0n) is 18.1. The second-order valence-electron chi connectivity index (χ2n) is 5.46. The van der Waals surface area contributed by atoms with Gasteiger partial charge in [-0.1, -0.05) is 27.7 Å². The van der Waals surface area contributed by atoms with Gasteiger partial charge in [-0.25, -0.2) is 0 Å². The first-order valence-corrected chi connectivity index (χ1v) is 7.94. The van der Waals surface area contributed by atoms with Crippen molar-refractivity contribution in [2.75, 3.05) is 0 Å². The Bertz CT molecular complexity index is 513. The summed E-state index contributed by atoms with van der Waals surface area (Å²) in [6, 6.07) is 0. The molecule has 0 fully saturated rings. The third-order valence-electron chi connectivity index (χ3n) is 1.63. The summed E-state index contributed by atoms with van der Waals surface area (Å²) in [5.74, 6) is -1.50. The molecule has 8 nitrogen and oxygen atoms in total. The van der Waals surface area contributed by atoms with Gasteiger partial charge < -0.3 is 20.4 Å². The summed E-state index contributed by atoms with van der Waals surface area (Å²) >= 11 is 0. The van der Waals surface area contributed by atoms with Crippen LogP contribution in [0.4, 0.5) is 0 Å². The normalized spacial score (nSPS) is 11.0. The van der Waals surface area contributed by atoms with Gasteiger partial charge in [0, 0.05) is 0 Å². The van der Waals surface area contributed by atoms with Crippen molar-refractivity contribution in [2.24, 2.45) is 0 Å². The minimum absolute atomic E-state index is 0. The van der Waals surface area contributed by atoms with E-state index in [1.165, 1.54) is 55.4 Å². The van der Waals surface area contributed by atoms with Crippen LogP contribution in [0.3, 0.4) is 0 Å². The van der Waals surface area contributed by atoms with Gasteiger partial charge in [0.25, 0.3) is 0 Å². The number of rotatable bonds is 4. The van der Waals surface area contributed by atoms with Crippen molar-refractivity contribution in [1.82, 2.24) is 0 Å². The van der Waals surface area contributed by atoms with Crippen LogP contribution in [0.2, 0.25) is 0 Å². The monoisotopic (exact) mass is 628 g/mol. The molecule has 0 aliphatic heterocycles. The summed E-state index contributed by atoms with van der Waals surface area (Å²) in [6.07, 6.45) is 4.22. The van der Waals surface area contributed by atoms with Crippen LogP contribution in [0.25, 0.3) is 0 Å². The molecule has 0 aliphatic rings. The standard InChI is InChI=1S/4C5H8O2.Th/c4*1-4(6)3-5(2)7;/h4*3,6H,1-2H3;/q;;;;+4/p-4. The van der Waals surface area contributed by atoms with Gasteiger partial charge >= 0.3 is 39.9 Å². The molecule has 0 aromatic rings. The predicted octanol–water partition coefficient (Wildman–Crippen LogP) is -0.642. The summed E-state index contributed by atoms with van der Waals surface area (Å²) in [5.41, 5.74) is 0. The molecule has 0 atom stereocenters. The smallest absolute Gasteiger partial charge is 0.876 e. The molecule has 160 valence electrons. The fourth-order valence-corrected chi connectivity index (χ4v) is 1.14. The van der Waals surface area contributed by atoms with E-state index in [1.807, 2.05) is 0 Å². The van der Waals surface area contributed by atoms with Crippen LogP contribution in [0.1, 0.15) is 55.4 Å². The maximum absolute atomic E-state index is 9.98. The van der Waals surface area contributed by atoms with E-state index in [0.29, 0.717) is 0 Å². The summed E-state index contributed by atoms with van der Waals surface area (Å²) in [7, 11) is 0. The van der Waals surface area contributed by atoms with Gasteiger partial charge in [0.05, 0.1) is 0 Å². The van der Waals surface area contributed by atoms with Gasteiger partial charge in [-0.3, -0.25) is 19.2 Å². The Morgan fingerprint density at radius 2 is 0.517 bits per heavy atom. The van der Waals surface area contributed by atoms with Crippen molar-refractivity contribution < 1.29 is 79.5 Å². The third kappa shape index (κ3) is 76.1. The molecule has 0 aromatic heterocycles. The van der Waals surface area contributed by atoms with E-state index in [4.69, 9.17) is 0 Å². The number of carbonyl (C=O) groups excluding carboxylic acids is 4. The fraction of sp³-hybridized carbons (Fsp3) is 0.400. The van der Waals surface area contributed by atoms with Gasteiger partial charge in [0.1, 0.15) is 0 Å². The predicted molar refractivity (Wildman–Crippen MR) is 97.8 cm³/mol. The maximum Gasteiger partial charge on any atom is 4.00 e. The first-order valence-electron chi connectivity index (χ1n) is 7.94. The second-order valence-corrected chi connectivity index (χ2v) is 5.46. The Labute approximate surface area is 204 Å². The topological polar surface area (TPSA) is 161 Å². The second kappa shape index (κ2) is 24.2. The van der Waals surface area contributed by atoms with E-state index < -0.39 is 0 Å². The van der Waals surface area contributed by atoms with E-state index >= 15 is 0 Å². The zero-order chi connectivity index (χ0) is 23.4. The molecular formula is C20H28O8Th. The van der Waals surface area contributed by atoms with Crippen LogP contribution in [-0.4, -0.2) is 23.1 Å². The largest absolute Gasteiger partial charge is 4.00 e. The van der Waals surface area contributed by atoms with Gasteiger partial charge in [-0.2, -0.15) is 0 Å². The average Bonchev–Trinajstić information content (AvgIpc) is 2.32. The molecule has 0 N–H and O–H groups in total. The SMILES string of the molecule is CC(=O)C=C(C)[O-].CC(=O)C=C(C)[O-].CC(=O)C=C(C)[O-].CC(=O)C=C(C)[O-].[Th+4]. The Morgan fingerprint density at radius 3 is 0.517 bits per heavy atom. The van der Waals surface area contributed by atoms with Crippen molar-refractivity contribution in [3.05, 3.63) is 47.3 Å². The third-order valence-corrected chi connectivity index (χ3v) is 1.63. The van der Waals surface area contributed by atoms with Crippen molar-refractivity contribution in [1.29, 1.82) is 0 Å². The maximum atomic E-state index is 9.98. The van der Waals surface area contributed by atoms with E-state index in [9.17, 15) is 39.6 Å². The molecule has 0 spiro atoms.